The number of carboxylic acids is 1. The molecule has 0 aliphatic heterocycles. The first-order valence-corrected chi connectivity index (χ1v) is 8.45. The van der Waals surface area contributed by atoms with Crippen LogP contribution in [0.1, 0.15) is 42.1 Å². The molecule has 136 valence electrons. The van der Waals surface area contributed by atoms with Crippen molar-refractivity contribution in [2.24, 2.45) is 5.92 Å². The SMILES string of the molecule is CC(C)Oc1ccc(C(=O)O)cc1NC(=O)C1CC1c1ccc(F)cc1. The monoisotopic (exact) mass is 357 g/mol. The van der Waals surface area contributed by atoms with Gasteiger partial charge in [0.1, 0.15) is 11.6 Å². The van der Waals surface area contributed by atoms with Crippen LogP contribution in [0, 0.1) is 11.7 Å². The molecule has 5 nitrogen and oxygen atoms in total. The Balaban J connectivity index is 1.75. The predicted octanol–water partition coefficient (Wildman–Crippen LogP) is 4.05. The number of amides is 1. The van der Waals surface area contributed by atoms with Gasteiger partial charge in [-0.05, 0) is 62.1 Å². The fourth-order valence-corrected chi connectivity index (χ4v) is 2.91. The molecule has 1 aliphatic carbocycles. The third-order valence-corrected chi connectivity index (χ3v) is 4.27. The van der Waals surface area contributed by atoms with Crippen LogP contribution in [0.2, 0.25) is 0 Å². The Morgan fingerprint density at radius 2 is 1.88 bits per heavy atom. The van der Waals surface area contributed by atoms with Gasteiger partial charge in [-0.2, -0.15) is 0 Å². The Morgan fingerprint density at radius 1 is 1.19 bits per heavy atom. The van der Waals surface area contributed by atoms with E-state index in [1.165, 1.54) is 24.3 Å². The van der Waals surface area contributed by atoms with Gasteiger partial charge in [0.25, 0.3) is 0 Å². The molecule has 6 heteroatoms. The van der Waals surface area contributed by atoms with Crippen molar-refractivity contribution in [3.8, 4) is 5.75 Å². The predicted molar refractivity (Wildman–Crippen MR) is 95.0 cm³/mol. The Morgan fingerprint density at radius 3 is 2.50 bits per heavy atom. The molecule has 2 atom stereocenters. The number of rotatable bonds is 6. The molecule has 0 spiro atoms. The van der Waals surface area contributed by atoms with Crippen molar-refractivity contribution in [3.05, 3.63) is 59.4 Å². The molecule has 3 rings (SSSR count). The first-order chi connectivity index (χ1) is 12.3. The van der Waals surface area contributed by atoms with Crippen molar-refractivity contribution < 1.29 is 23.8 Å². The molecule has 0 bridgehead atoms. The Kier molecular flexibility index (Phi) is 4.93. The zero-order valence-corrected chi connectivity index (χ0v) is 14.5. The highest BCUT2D eigenvalue weighted by molar-refractivity contribution is 5.98. The highest BCUT2D eigenvalue weighted by atomic mass is 19.1. The van der Waals surface area contributed by atoms with E-state index in [0.717, 1.165) is 5.56 Å². The molecule has 1 fully saturated rings. The maximum absolute atomic E-state index is 13.0. The number of carbonyl (C=O) groups excluding carboxylic acids is 1. The molecular weight excluding hydrogens is 337 g/mol. The van der Waals surface area contributed by atoms with Crippen molar-refractivity contribution in [1.82, 2.24) is 0 Å². The van der Waals surface area contributed by atoms with Crippen LogP contribution >= 0.6 is 0 Å². The van der Waals surface area contributed by atoms with Crippen LogP contribution in [0.5, 0.6) is 5.75 Å². The molecule has 1 aliphatic rings. The smallest absolute Gasteiger partial charge is 0.335 e. The van der Waals surface area contributed by atoms with E-state index < -0.39 is 5.97 Å². The Hall–Kier alpha value is -2.89. The van der Waals surface area contributed by atoms with Gasteiger partial charge in [0, 0.05) is 5.92 Å². The summed E-state index contributed by atoms with van der Waals surface area (Å²) in [5, 5.41) is 11.9. The summed E-state index contributed by atoms with van der Waals surface area (Å²) in [4.78, 5) is 23.8. The van der Waals surface area contributed by atoms with Gasteiger partial charge in [0.2, 0.25) is 5.91 Å². The van der Waals surface area contributed by atoms with Crippen LogP contribution in [0.4, 0.5) is 10.1 Å². The number of hydrogen-bond acceptors (Lipinski definition) is 3. The first-order valence-electron chi connectivity index (χ1n) is 8.45. The standard InChI is InChI=1S/C20H20FNO4/c1-11(2)26-18-8-5-13(20(24)25)9-17(18)22-19(23)16-10-15(16)12-3-6-14(21)7-4-12/h3-9,11,15-16H,10H2,1-2H3,(H,22,23)(H,24,25). The van der Waals surface area contributed by atoms with Crippen molar-refractivity contribution >= 4 is 17.6 Å². The number of anilines is 1. The lowest BCUT2D eigenvalue weighted by atomic mass is 10.1. The lowest BCUT2D eigenvalue weighted by Crippen LogP contribution is -2.17. The molecule has 2 aromatic carbocycles. The number of aromatic carboxylic acids is 1. The number of halogens is 1. The van der Waals surface area contributed by atoms with E-state index in [2.05, 4.69) is 5.32 Å². The van der Waals surface area contributed by atoms with Crippen LogP contribution < -0.4 is 10.1 Å². The molecule has 0 radical (unpaired) electrons. The average Bonchev–Trinajstić information content (AvgIpc) is 3.37. The summed E-state index contributed by atoms with van der Waals surface area (Å²) in [6.07, 6.45) is 0.561. The molecule has 26 heavy (non-hydrogen) atoms. The maximum atomic E-state index is 13.0. The number of benzene rings is 2. The number of carboxylic acid groups (broad SMARTS) is 1. The molecule has 1 saturated carbocycles. The van der Waals surface area contributed by atoms with Gasteiger partial charge in [0.15, 0.2) is 0 Å². The normalized spacial score (nSPS) is 18.5. The van der Waals surface area contributed by atoms with E-state index in [1.807, 2.05) is 13.8 Å². The Labute approximate surface area is 150 Å². The lowest BCUT2D eigenvalue weighted by Gasteiger charge is -2.15. The molecule has 1 amide bonds. The minimum Gasteiger partial charge on any atom is -0.489 e. The minimum absolute atomic E-state index is 0.0488. The van der Waals surface area contributed by atoms with Gasteiger partial charge >= 0.3 is 5.97 Å². The fraction of sp³-hybridized carbons (Fsp3) is 0.300. The summed E-state index contributed by atoms with van der Waals surface area (Å²) in [5.41, 5.74) is 1.33. The second-order valence-electron chi connectivity index (χ2n) is 6.67. The van der Waals surface area contributed by atoms with E-state index in [1.54, 1.807) is 18.2 Å². The van der Waals surface area contributed by atoms with E-state index in [0.29, 0.717) is 17.9 Å². The largest absolute Gasteiger partial charge is 0.489 e. The quantitative estimate of drug-likeness (QED) is 0.818. The number of ether oxygens (including phenoxy) is 1. The molecule has 0 heterocycles. The van der Waals surface area contributed by atoms with E-state index in [9.17, 15) is 14.0 Å². The summed E-state index contributed by atoms with van der Waals surface area (Å²) in [6.45, 7) is 3.70. The van der Waals surface area contributed by atoms with Crippen molar-refractivity contribution in [3.63, 3.8) is 0 Å². The molecule has 0 aromatic heterocycles. The van der Waals surface area contributed by atoms with E-state index in [4.69, 9.17) is 9.84 Å². The van der Waals surface area contributed by atoms with Gasteiger partial charge in [-0.3, -0.25) is 4.79 Å². The van der Waals surface area contributed by atoms with Crippen LogP contribution in [-0.4, -0.2) is 23.1 Å². The molecular formula is C20H20FNO4. The van der Waals surface area contributed by atoms with Gasteiger partial charge in [-0.1, -0.05) is 12.1 Å². The third-order valence-electron chi connectivity index (χ3n) is 4.27. The van der Waals surface area contributed by atoms with Crippen molar-refractivity contribution in [1.29, 1.82) is 0 Å². The molecule has 2 unspecified atom stereocenters. The second-order valence-corrected chi connectivity index (χ2v) is 6.67. The topological polar surface area (TPSA) is 75.6 Å². The summed E-state index contributed by atoms with van der Waals surface area (Å²) >= 11 is 0. The summed E-state index contributed by atoms with van der Waals surface area (Å²) in [6, 6.07) is 10.5. The number of nitrogens with one attached hydrogen (secondary N) is 1. The highest BCUT2D eigenvalue weighted by Crippen LogP contribution is 2.48. The van der Waals surface area contributed by atoms with Crippen LogP contribution in [0.25, 0.3) is 0 Å². The van der Waals surface area contributed by atoms with Crippen molar-refractivity contribution in [2.75, 3.05) is 5.32 Å². The second kappa shape index (κ2) is 7.15. The highest BCUT2D eigenvalue weighted by Gasteiger charge is 2.44. The summed E-state index contributed by atoms with van der Waals surface area (Å²) in [7, 11) is 0. The van der Waals surface area contributed by atoms with Gasteiger partial charge in [-0.25, -0.2) is 9.18 Å². The number of hydrogen-bond donors (Lipinski definition) is 2. The van der Waals surface area contributed by atoms with Crippen LogP contribution in [0.15, 0.2) is 42.5 Å². The van der Waals surface area contributed by atoms with Crippen LogP contribution in [0.3, 0.4) is 0 Å². The van der Waals surface area contributed by atoms with E-state index >= 15 is 0 Å². The zero-order chi connectivity index (χ0) is 18.8. The summed E-state index contributed by atoms with van der Waals surface area (Å²) in [5.74, 6) is -1.33. The van der Waals surface area contributed by atoms with Gasteiger partial charge in [0.05, 0.1) is 17.4 Å². The molecule has 2 N–H and O–H groups in total. The first kappa shape index (κ1) is 17.9. The zero-order valence-electron chi connectivity index (χ0n) is 14.5. The molecule has 2 aromatic rings. The van der Waals surface area contributed by atoms with E-state index in [-0.39, 0.29) is 35.2 Å². The maximum Gasteiger partial charge on any atom is 0.335 e. The lowest BCUT2D eigenvalue weighted by molar-refractivity contribution is -0.117. The minimum atomic E-state index is -1.08. The van der Waals surface area contributed by atoms with Crippen LogP contribution in [-0.2, 0) is 4.79 Å². The van der Waals surface area contributed by atoms with Gasteiger partial charge in [-0.15, -0.1) is 0 Å². The fourth-order valence-electron chi connectivity index (χ4n) is 2.91. The van der Waals surface area contributed by atoms with Gasteiger partial charge < -0.3 is 15.2 Å². The number of carbonyl (C=O) groups is 2. The molecule has 0 saturated heterocycles. The van der Waals surface area contributed by atoms with Crippen molar-refractivity contribution in [2.45, 2.75) is 32.3 Å². The Bertz CT molecular complexity index is 832. The third kappa shape index (κ3) is 4.02. The average molecular weight is 357 g/mol. The summed E-state index contributed by atoms with van der Waals surface area (Å²) < 4.78 is 18.7.